The Morgan fingerprint density at radius 3 is 2.65 bits per heavy atom. The van der Waals surface area contributed by atoms with Crippen LogP contribution in [0.15, 0.2) is 32.8 Å². The summed E-state index contributed by atoms with van der Waals surface area (Å²) in [5, 5.41) is 10.2. The van der Waals surface area contributed by atoms with E-state index in [-0.39, 0.29) is 5.56 Å². The fraction of sp³-hybridized carbons (Fsp3) is 0.214. The Kier molecular flexibility index (Phi) is 3.56. The molecule has 104 valence electrons. The van der Waals surface area contributed by atoms with Gasteiger partial charge in [-0.2, -0.15) is 0 Å². The number of nitrogens with one attached hydrogen (secondary N) is 1. The minimum Gasteiger partial charge on any atom is -0.493 e. The highest BCUT2D eigenvalue weighted by atomic mass is 16.3. The molecule has 2 N–H and O–H groups in total. The molecule has 1 aromatic carbocycles. The van der Waals surface area contributed by atoms with Crippen LogP contribution in [-0.4, -0.2) is 27.9 Å². The molecule has 0 bridgehead atoms. The van der Waals surface area contributed by atoms with Gasteiger partial charge in [0, 0.05) is 13.3 Å². The molecule has 1 aromatic heterocycles. The van der Waals surface area contributed by atoms with Gasteiger partial charge in [0.1, 0.15) is 5.56 Å². The van der Waals surface area contributed by atoms with Gasteiger partial charge >= 0.3 is 5.69 Å². The molecule has 0 aliphatic rings. The molecule has 2 rings (SSSR count). The van der Waals surface area contributed by atoms with Crippen molar-refractivity contribution in [3.63, 3.8) is 0 Å². The molecule has 2 aromatic rings. The Hall–Kier alpha value is -2.63. The number of hydrogen-bond acceptors (Lipinski definition) is 4. The van der Waals surface area contributed by atoms with Crippen LogP contribution < -0.4 is 11.2 Å². The standard InChI is InChI=1S/C14H15N3O3/c1-8-4-5-9(2)11(6-8)17-13(19)10(7-15-3)12(18)16-14(17)20/h4-7,19H,1-3H3,(H,16,18,20). The van der Waals surface area contributed by atoms with Gasteiger partial charge in [-0.25, -0.2) is 9.36 Å². The number of aliphatic imine (C=N–C) groups is 1. The number of aromatic amines is 1. The highest BCUT2D eigenvalue weighted by molar-refractivity contribution is 5.82. The van der Waals surface area contributed by atoms with Gasteiger partial charge in [0.05, 0.1) is 5.69 Å². The average molecular weight is 273 g/mol. The van der Waals surface area contributed by atoms with Gasteiger partial charge in [-0.1, -0.05) is 12.1 Å². The van der Waals surface area contributed by atoms with E-state index in [1.165, 1.54) is 13.3 Å². The second-order valence-electron chi connectivity index (χ2n) is 4.51. The van der Waals surface area contributed by atoms with E-state index < -0.39 is 17.1 Å². The maximum absolute atomic E-state index is 12.0. The highest BCUT2D eigenvalue weighted by Gasteiger charge is 2.15. The Bertz CT molecular complexity index is 800. The molecule has 20 heavy (non-hydrogen) atoms. The molecule has 0 spiro atoms. The maximum atomic E-state index is 12.0. The van der Waals surface area contributed by atoms with E-state index in [1.54, 1.807) is 6.07 Å². The summed E-state index contributed by atoms with van der Waals surface area (Å²) in [6.07, 6.45) is 1.22. The molecule has 0 amide bonds. The number of aromatic nitrogens is 2. The van der Waals surface area contributed by atoms with Crippen LogP contribution in [0.5, 0.6) is 5.88 Å². The minimum atomic E-state index is -0.686. The minimum absolute atomic E-state index is 0.0481. The van der Waals surface area contributed by atoms with E-state index in [1.807, 2.05) is 26.0 Å². The molecular weight excluding hydrogens is 258 g/mol. The third kappa shape index (κ3) is 2.27. The van der Waals surface area contributed by atoms with Crippen LogP contribution in [0.3, 0.4) is 0 Å². The number of benzene rings is 1. The zero-order valence-electron chi connectivity index (χ0n) is 11.5. The van der Waals surface area contributed by atoms with Crippen LogP contribution in [0.2, 0.25) is 0 Å². The SMILES string of the molecule is CN=Cc1c(O)n(-c2cc(C)ccc2C)c(=O)[nH]c1=O. The van der Waals surface area contributed by atoms with E-state index in [0.717, 1.165) is 15.7 Å². The Balaban J connectivity index is 2.88. The number of aromatic hydroxyl groups is 1. The lowest BCUT2D eigenvalue weighted by Crippen LogP contribution is -2.31. The van der Waals surface area contributed by atoms with Gasteiger partial charge in [-0.05, 0) is 31.0 Å². The van der Waals surface area contributed by atoms with Crippen LogP contribution in [0, 0.1) is 13.8 Å². The zero-order valence-corrected chi connectivity index (χ0v) is 11.5. The van der Waals surface area contributed by atoms with E-state index >= 15 is 0 Å². The molecule has 6 heteroatoms. The van der Waals surface area contributed by atoms with Crippen molar-refractivity contribution in [3.05, 3.63) is 55.7 Å². The fourth-order valence-corrected chi connectivity index (χ4v) is 1.97. The number of aryl methyl sites for hydroxylation is 2. The Morgan fingerprint density at radius 2 is 2.00 bits per heavy atom. The molecule has 0 saturated carbocycles. The van der Waals surface area contributed by atoms with Crippen molar-refractivity contribution in [3.8, 4) is 11.6 Å². The summed E-state index contributed by atoms with van der Waals surface area (Å²) >= 11 is 0. The van der Waals surface area contributed by atoms with Crippen molar-refractivity contribution in [1.82, 2.24) is 9.55 Å². The molecule has 1 heterocycles. The summed E-state index contributed by atoms with van der Waals surface area (Å²) < 4.78 is 1.07. The molecule has 0 fully saturated rings. The topological polar surface area (TPSA) is 87.4 Å². The van der Waals surface area contributed by atoms with Crippen molar-refractivity contribution in [2.45, 2.75) is 13.8 Å². The first-order valence-corrected chi connectivity index (χ1v) is 6.03. The van der Waals surface area contributed by atoms with Crippen molar-refractivity contribution < 1.29 is 5.11 Å². The number of H-pyrrole nitrogens is 1. The second-order valence-corrected chi connectivity index (χ2v) is 4.51. The largest absolute Gasteiger partial charge is 0.493 e. The summed E-state index contributed by atoms with van der Waals surface area (Å²) in [6, 6.07) is 5.51. The molecule has 0 saturated heterocycles. The lowest BCUT2D eigenvalue weighted by atomic mass is 10.1. The van der Waals surface area contributed by atoms with Gasteiger partial charge in [-0.3, -0.25) is 14.8 Å². The summed E-state index contributed by atoms with van der Waals surface area (Å²) in [4.78, 5) is 29.5. The van der Waals surface area contributed by atoms with Crippen LogP contribution in [0.25, 0.3) is 5.69 Å². The van der Waals surface area contributed by atoms with Crippen LogP contribution in [0.1, 0.15) is 16.7 Å². The van der Waals surface area contributed by atoms with Crippen molar-refractivity contribution in [1.29, 1.82) is 0 Å². The van der Waals surface area contributed by atoms with Crippen LogP contribution in [-0.2, 0) is 0 Å². The number of nitrogens with zero attached hydrogens (tertiary/aromatic N) is 2. The molecule has 0 atom stereocenters. The van der Waals surface area contributed by atoms with Gasteiger partial charge in [-0.15, -0.1) is 0 Å². The Labute approximate surface area is 115 Å². The van der Waals surface area contributed by atoms with Gasteiger partial charge in [0.25, 0.3) is 5.56 Å². The summed E-state index contributed by atoms with van der Waals surface area (Å²) in [5.41, 5.74) is 0.866. The second kappa shape index (κ2) is 5.16. The maximum Gasteiger partial charge on any atom is 0.335 e. The lowest BCUT2D eigenvalue weighted by Gasteiger charge is -2.12. The normalized spacial score (nSPS) is 11.2. The predicted octanol–water partition coefficient (Wildman–Crippen LogP) is 0.897. The zero-order chi connectivity index (χ0) is 14.9. The van der Waals surface area contributed by atoms with Crippen LogP contribution >= 0.6 is 0 Å². The summed E-state index contributed by atoms with van der Waals surface area (Å²) in [7, 11) is 1.48. The fourth-order valence-electron chi connectivity index (χ4n) is 1.97. The van der Waals surface area contributed by atoms with E-state index in [2.05, 4.69) is 9.98 Å². The molecule has 0 radical (unpaired) electrons. The first kappa shape index (κ1) is 13.8. The van der Waals surface area contributed by atoms with Crippen LogP contribution in [0.4, 0.5) is 0 Å². The first-order valence-electron chi connectivity index (χ1n) is 6.03. The van der Waals surface area contributed by atoms with Crippen molar-refractivity contribution in [2.24, 2.45) is 4.99 Å². The Morgan fingerprint density at radius 1 is 1.30 bits per heavy atom. The average Bonchev–Trinajstić information content (AvgIpc) is 2.38. The first-order chi connectivity index (χ1) is 9.45. The lowest BCUT2D eigenvalue weighted by molar-refractivity contribution is 0.430. The molecule has 0 aliphatic carbocycles. The third-order valence-corrected chi connectivity index (χ3v) is 2.98. The van der Waals surface area contributed by atoms with Gasteiger partial charge < -0.3 is 5.11 Å². The van der Waals surface area contributed by atoms with E-state index in [0.29, 0.717) is 5.69 Å². The molecule has 6 nitrogen and oxygen atoms in total. The number of hydrogen-bond donors (Lipinski definition) is 2. The molecule has 0 unspecified atom stereocenters. The smallest absolute Gasteiger partial charge is 0.335 e. The monoisotopic (exact) mass is 273 g/mol. The molecule has 0 aliphatic heterocycles. The summed E-state index contributed by atoms with van der Waals surface area (Å²) in [6.45, 7) is 3.70. The quantitative estimate of drug-likeness (QED) is 0.797. The number of rotatable bonds is 2. The molecular formula is C14H15N3O3. The van der Waals surface area contributed by atoms with Gasteiger partial charge in [0.2, 0.25) is 5.88 Å². The summed E-state index contributed by atoms with van der Waals surface area (Å²) in [5.74, 6) is -0.418. The van der Waals surface area contributed by atoms with Crippen molar-refractivity contribution >= 4 is 6.21 Å². The predicted molar refractivity (Wildman–Crippen MR) is 77.3 cm³/mol. The highest BCUT2D eigenvalue weighted by Crippen LogP contribution is 2.19. The third-order valence-electron chi connectivity index (χ3n) is 2.98. The van der Waals surface area contributed by atoms with E-state index in [4.69, 9.17) is 0 Å². The van der Waals surface area contributed by atoms with Crippen molar-refractivity contribution in [2.75, 3.05) is 7.05 Å². The van der Waals surface area contributed by atoms with Gasteiger partial charge in [0.15, 0.2) is 0 Å². The van der Waals surface area contributed by atoms with E-state index in [9.17, 15) is 14.7 Å².